The molecule has 0 radical (unpaired) electrons. The molecule has 25 heavy (non-hydrogen) atoms. The summed E-state index contributed by atoms with van der Waals surface area (Å²) in [7, 11) is -2.02. The lowest BCUT2D eigenvalue weighted by Crippen LogP contribution is -2.45. The van der Waals surface area contributed by atoms with Crippen molar-refractivity contribution in [2.24, 2.45) is 0 Å². The summed E-state index contributed by atoms with van der Waals surface area (Å²) in [5.74, 6) is 0. The fourth-order valence-electron chi connectivity index (χ4n) is 4.30. The third-order valence-electron chi connectivity index (χ3n) is 5.26. The molecule has 0 saturated carbocycles. The third kappa shape index (κ3) is 3.22. The number of rotatable bonds is 1. The average molecular weight is 371 g/mol. The molecule has 0 fully saturated rings. The Morgan fingerprint density at radius 3 is 2.00 bits per heavy atom. The first-order chi connectivity index (χ1) is 11.3. The second-order valence-electron chi connectivity index (χ2n) is 10.0. The molecule has 0 unspecified atom stereocenters. The van der Waals surface area contributed by atoms with E-state index < -0.39 is 7.38 Å². The van der Waals surface area contributed by atoms with E-state index in [4.69, 9.17) is 11.1 Å². The second-order valence-corrected chi connectivity index (χ2v) is 16.3. The van der Waals surface area contributed by atoms with Gasteiger partial charge in [0.25, 0.3) is 0 Å². The first-order valence-corrected chi connectivity index (χ1v) is 13.3. The van der Waals surface area contributed by atoms with Crippen LogP contribution in [0.2, 0.25) is 13.1 Å². The Labute approximate surface area is 159 Å². The maximum atomic E-state index is 7.16. The minimum Gasteiger partial charge on any atom is -0.161 e. The summed E-state index contributed by atoms with van der Waals surface area (Å²) < 4.78 is 0. The standard InChI is InChI=1S/C23H31ClSi/c1-22(2,3)19-14-17-16-12-10-9-11-15(16)13-18(17)21(25(7,8)24)20(19)23(4,5)6/h9-12,14H,13H2,1-8H3. The topological polar surface area (TPSA) is 0 Å². The molecular formula is C23H31ClSi. The van der Waals surface area contributed by atoms with Crippen molar-refractivity contribution >= 4 is 23.6 Å². The monoisotopic (exact) mass is 370 g/mol. The van der Waals surface area contributed by atoms with E-state index in [1.165, 1.54) is 38.6 Å². The maximum Gasteiger partial charge on any atom is 0.181 e. The molecule has 0 nitrogen and oxygen atoms in total. The van der Waals surface area contributed by atoms with Gasteiger partial charge in [0.05, 0.1) is 0 Å². The highest BCUT2D eigenvalue weighted by molar-refractivity contribution is 7.26. The predicted molar refractivity (Wildman–Crippen MR) is 115 cm³/mol. The molecule has 2 heteroatoms. The summed E-state index contributed by atoms with van der Waals surface area (Å²) in [4.78, 5) is 0. The minimum absolute atomic E-state index is 0.0842. The Morgan fingerprint density at radius 1 is 0.880 bits per heavy atom. The Bertz CT molecular complexity index is 827. The molecule has 0 bridgehead atoms. The van der Waals surface area contributed by atoms with Crippen molar-refractivity contribution in [2.45, 2.75) is 71.9 Å². The quantitative estimate of drug-likeness (QED) is 0.338. The molecule has 0 aliphatic heterocycles. The zero-order valence-corrected chi connectivity index (χ0v) is 18.7. The maximum absolute atomic E-state index is 7.16. The highest BCUT2D eigenvalue weighted by atomic mass is 35.6. The molecule has 2 aromatic carbocycles. The summed E-state index contributed by atoms with van der Waals surface area (Å²) in [5.41, 5.74) is 8.90. The summed E-state index contributed by atoms with van der Waals surface area (Å²) in [6, 6.07) is 11.3. The van der Waals surface area contributed by atoms with Gasteiger partial charge >= 0.3 is 0 Å². The highest BCUT2D eigenvalue weighted by Gasteiger charge is 2.38. The number of fused-ring (bicyclic) bond motifs is 3. The number of hydrogen-bond donors (Lipinski definition) is 0. The summed E-state index contributed by atoms with van der Waals surface area (Å²) in [5, 5.41) is 1.49. The van der Waals surface area contributed by atoms with Gasteiger partial charge in [-0.25, -0.2) is 0 Å². The van der Waals surface area contributed by atoms with Gasteiger partial charge in [0.15, 0.2) is 7.38 Å². The molecule has 3 rings (SSSR count). The van der Waals surface area contributed by atoms with Crippen LogP contribution in [0.1, 0.15) is 63.8 Å². The van der Waals surface area contributed by atoms with Gasteiger partial charge in [-0.15, -0.1) is 0 Å². The zero-order chi connectivity index (χ0) is 18.8. The first kappa shape index (κ1) is 18.7. The van der Waals surface area contributed by atoms with E-state index in [0.29, 0.717) is 0 Å². The van der Waals surface area contributed by atoms with Gasteiger partial charge in [-0.1, -0.05) is 85.0 Å². The van der Waals surface area contributed by atoms with Gasteiger partial charge in [0.2, 0.25) is 0 Å². The first-order valence-electron chi connectivity index (χ1n) is 9.30. The van der Waals surface area contributed by atoms with Crippen LogP contribution < -0.4 is 5.19 Å². The van der Waals surface area contributed by atoms with Crippen LogP contribution in [0.25, 0.3) is 11.1 Å². The molecule has 0 amide bonds. The summed E-state index contributed by atoms with van der Waals surface area (Å²) >= 11 is 7.16. The summed E-state index contributed by atoms with van der Waals surface area (Å²) in [6.45, 7) is 18.6. The van der Waals surface area contributed by atoms with Crippen LogP contribution in [0.3, 0.4) is 0 Å². The Hall–Kier alpha value is -1.05. The van der Waals surface area contributed by atoms with Gasteiger partial charge < -0.3 is 0 Å². The molecule has 0 atom stereocenters. The van der Waals surface area contributed by atoms with Crippen molar-refractivity contribution in [3.63, 3.8) is 0 Å². The van der Waals surface area contributed by atoms with Crippen molar-refractivity contribution in [2.75, 3.05) is 0 Å². The minimum atomic E-state index is -2.02. The molecule has 0 saturated heterocycles. The third-order valence-corrected chi connectivity index (χ3v) is 7.57. The predicted octanol–water partition coefficient (Wildman–Crippen LogP) is 6.50. The van der Waals surface area contributed by atoms with Crippen LogP contribution in [0, 0.1) is 0 Å². The molecule has 2 aromatic rings. The second kappa shape index (κ2) is 5.72. The fraction of sp³-hybridized carbons (Fsp3) is 0.478. The van der Waals surface area contributed by atoms with E-state index in [0.717, 1.165) is 6.42 Å². The number of halogens is 1. The van der Waals surface area contributed by atoms with E-state index in [2.05, 4.69) is 85.0 Å². The van der Waals surface area contributed by atoms with E-state index in [-0.39, 0.29) is 10.8 Å². The van der Waals surface area contributed by atoms with Gasteiger partial charge in [-0.05, 0) is 55.8 Å². The van der Waals surface area contributed by atoms with Crippen molar-refractivity contribution < 1.29 is 0 Å². The number of hydrogen-bond acceptors (Lipinski definition) is 0. The molecule has 0 N–H and O–H groups in total. The lowest BCUT2D eigenvalue weighted by molar-refractivity contribution is 0.533. The van der Waals surface area contributed by atoms with Crippen molar-refractivity contribution in [1.82, 2.24) is 0 Å². The molecule has 1 aliphatic rings. The van der Waals surface area contributed by atoms with Gasteiger partial charge in [0, 0.05) is 0 Å². The van der Waals surface area contributed by atoms with Crippen LogP contribution in [-0.2, 0) is 17.3 Å². The Kier molecular flexibility index (Phi) is 4.29. The van der Waals surface area contributed by atoms with Crippen LogP contribution in [0.4, 0.5) is 0 Å². The van der Waals surface area contributed by atoms with Crippen LogP contribution in [0.5, 0.6) is 0 Å². The van der Waals surface area contributed by atoms with E-state index in [1.807, 2.05) is 0 Å². The van der Waals surface area contributed by atoms with Crippen molar-refractivity contribution in [1.29, 1.82) is 0 Å². The SMILES string of the molecule is CC(C)(C)c1cc2c(c([Si](C)(C)Cl)c1C(C)(C)C)Cc1ccccc1-2. The van der Waals surface area contributed by atoms with Crippen LogP contribution in [0.15, 0.2) is 30.3 Å². The number of benzene rings is 2. The lowest BCUT2D eigenvalue weighted by atomic mass is 9.73. The Balaban J connectivity index is 2.48. The molecular weight excluding hydrogens is 340 g/mol. The largest absolute Gasteiger partial charge is 0.181 e. The lowest BCUT2D eigenvalue weighted by Gasteiger charge is -2.37. The van der Waals surface area contributed by atoms with E-state index >= 15 is 0 Å². The van der Waals surface area contributed by atoms with Crippen molar-refractivity contribution in [3.05, 3.63) is 52.6 Å². The van der Waals surface area contributed by atoms with Crippen LogP contribution in [-0.4, -0.2) is 7.38 Å². The molecule has 0 spiro atoms. The smallest absolute Gasteiger partial charge is 0.161 e. The van der Waals surface area contributed by atoms with Crippen molar-refractivity contribution in [3.8, 4) is 11.1 Å². The fourth-order valence-corrected chi connectivity index (χ4v) is 6.97. The van der Waals surface area contributed by atoms with E-state index in [9.17, 15) is 0 Å². The zero-order valence-electron chi connectivity index (χ0n) is 17.0. The summed E-state index contributed by atoms with van der Waals surface area (Å²) in [6.07, 6.45) is 1.03. The van der Waals surface area contributed by atoms with Gasteiger partial charge in [0.1, 0.15) is 0 Å². The van der Waals surface area contributed by atoms with E-state index in [1.54, 1.807) is 0 Å². The molecule has 0 heterocycles. The Morgan fingerprint density at radius 2 is 1.48 bits per heavy atom. The molecule has 0 aromatic heterocycles. The normalized spacial score (nSPS) is 14.4. The molecule has 134 valence electrons. The molecule has 1 aliphatic carbocycles. The average Bonchev–Trinajstić information content (AvgIpc) is 2.80. The van der Waals surface area contributed by atoms with Crippen LogP contribution >= 0.6 is 11.1 Å². The van der Waals surface area contributed by atoms with Gasteiger partial charge in [-0.3, -0.25) is 0 Å². The highest BCUT2D eigenvalue weighted by Crippen LogP contribution is 2.43. The van der Waals surface area contributed by atoms with Gasteiger partial charge in [-0.2, -0.15) is 11.1 Å².